The molecule has 0 radical (unpaired) electrons. The average molecular weight is 897 g/mol. The van der Waals surface area contributed by atoms with Crippen molar-refractivity contribution in [2.45, 2.75) is 218 Å². The van der Waals surface area contributed by atoms with Crippen molar-refractivity contribution in [2.75, 3.05) is 19.0 Å². The molecule has 0 bridgehead atoms. The Kier molecular flexibility index (Phi) is 35.9. The second kappa shape index (κ2) is 38.8. The van der Waals surface area contributed by atoms with Crippen LogP contribution in [0.3, 0.4) is 0 Å². The van der Waals surface area contributed by atoms with E-state index in [1.807, 2.05) is 0 Å². The first-order valence-corrected chi connectivity index (χ1v) is 25.5. The van der Waals surface area contributed by atoms with Crippen LogP contribution in [0.4, 0.5) is 0 Å². The quantitative estimate of drug-likeness (QED) is 0.0198. The van der Waals surface area contributed by atoms with Crippen LogP contribution in [-0.2, 0) is 38.7 Å². The monoisotopic (exact) mass is 897 g/mol. The highest BCUT2D eigenvalue weighted by molar-refractivity contribution is 7.85. The van der Waals surface area contributed by atoms with Gasteiger partial charge < -0.3 is 34.3 Å². The van der Waals surface area contributed by atoms with Crippen LogP contribution in [0.25, 0.3) is 0 Å². The van der Waals surface area contributed by atoms with Crippen LogP contribution in [0.5, 0.6) is 0 Å². The molecule has 0 saturated carbocycles. The van der Waals surface area contributed by atoms with Gasteiger partial charge in [-0.15, -0.1) is 0 Å². The van der Waals surface area contributed by atoms with E-state index < -0.39 is 71.2 Å². The molecule has 0 aliphatic carbocycles. The summed E-state index contributed by atoms with van der Waals surface area (Å²) in [7, 11) is -4.61. The summed E-state index contributed by atoms with van der Waals surface area (Å²) in [5, 5.41) is 30.9. The molecule has 12 nitrogen and oxygen atoms in total. The molecule has 1 aliphatic rings. The van der Waals surface area contributed by atoms with Crippen molar-refractivity contribution >= 4 is 22.1 Å². The normalized spacial score (nSPS) is 20.4. The molecule has 1 rings (SSSR count). The van der Waals surface area contributed by atoms with E-state index in [0.717, 1.165) is 57.8 Å². The zero-order chi connectivity index (χ0) is 45.5. The largest absolute Gasteiger partial charge is 0.462 e. The molecule has 1 saturated heterocycles. The maximum Gasteiger partial charge on any atom is 0.306 e. The lowest BCUT2D eigenvalue weighted by Crippen LogP contribution is -2.60. The SMILES string of the molecule is CC/C=C/C/C=C/C/C=C/C/C=C/CCCCC(=O)O[C@H](COC(=O)CCCCCCCCCCC/C=C/CCCCCCCC)CO[C@H]1O[C@H](CS(=O)(=O)O)[C@@H](O)C(O)C1O. The molecule has 6 atom stereocenters. The standard InChI is InChI=1S/C49H84O12S/c1-3-5-7-9-11-13-15-17-19-20-21-22-24-25-27-29-31-33-35-37-44(50)58-39-42(40-59-49-48(54)47(53)46(52)43(61-49)41-62(55,56)57)60-45(51)38-36-34-32-30-28-26-23-18-16-14-12-10-8-6-4-2/h6,8,12,14,17-19,23,28,30,42-43,46-49,52-54H,3-5,7,9-11,13,15-16,20-22,24-27,29,31-41H2,1-2H3,(H,55,56,57)/b8-6+,14-12+,19-17+,23-18+,30-28+/t42-,43-,46-,47?,48?,49+/m1/s1. The van der Waals surface area contributed by atoms with Crippen molar-refractivity contribution in [1.82, 2.24) is 0 Å². The number of aliphatic hydroxyl groups is 3. The van der Waals surface area contributed by atoms with Crippen LogP contribution in [0.15, 0.2) is 60.8 Å². The van der Waals surface area contributed by atoms with Gasteiger partial charge in [-0.2, -0.15) is 8.42 Å². The number of hydrogen-bond donors (Lipinski definition) is 4. The second-order valence-corrected chi connectivity index (χ2v) is 17.9. The van der Waals surface area contributed by atoms with Crippen LogP contribution in [0, 0.1) is 0 Å². The topological polar surface area (TPSA) is 186 Å². The summed E-state index contributed by atoms with van der Waals surface area (Å²) in [4.78, 5) is 25.4. The van der Waals surface area contributed by atoms with Gasteiger partial charge in [-0.05, 0) is 77.0 Å². The Hall–Kier alpha value is -2.65. The number of rotatable bonds is 39. The molecule has 1 heterocycles. The molecule has 0 amide bonds. The third kappa shape index (κ3) is 32.9. The minimum absolute atomic E-state index is 0.110. The number of hydrogen-bond acceptors (Lipinski definition) is 11. The maximum absolute atomic E-state index is 12.8. The van der Waals surface area contributed by atoms with Crippen molar-refractivity contribution in [3.8, 4) is 0 Å². The lowest BCUT2D eigenvalue weighted by molar-refractivity contribution is -0.297. The van der Waals surface area contributed by atoms with E-state index in [-0.39, 0.29) is 19.4 Å². The van der Waals surface area contributed by atoms with Gasteiger partial charge >= 0.3 is 11.9 Å². The lowest BCUT2D eigenvalue weighted by Gasteiger charge is -2.40. The van der Waals surface area contributed by atoms with Gasteiger partial charge in [0, 0.05) is 12.8 Å². The van der Waals surface area contributed by atoms with Gasteiger partial charge in [0.15, 0.2) is 12.4 Å². The van der Waals surface area contributed by atoms with Crippen molar-refractivity contribution in [3.63, 3.8) is 0 Å². The summed E-state index contributed by atoms with van der Waals surface area (Å²) in [6.45, 7) is 3.61. The summed E-state index contributed by atoms with van der Waals surface area (Å²) in [6.07, 6.45) is 38.4. The van der Waals surface area contributed by atoms with Crippen LogP contribution in [0.2, 0.25) is 0 Å². The molecule has 1 fully saturated rings. The van der Waals surface area contributed by atoms with Crippen LogP contribution in [-0.4, -0.2) is 96.0 Å². The van der Waals surface area contributed by atoms with E-state index in [4.69, 9.17) is 18.9 Å². The third-order valence-corrected chi connectivity index (χ3v) is 11.3. The average Bonchev–Trinajstić information content (AvgIpc) is 3.24. The van der Waals surface area contributed by atoms with E-state index in [1.54, 1.807) is 0 Å². The number of allylic oxidation sites excluding steroid dienone is 10. The smallest absolute Gasteiger partial charge is 0.306 e. The maximum atomic E-state index is 12.8. The van der Waals surface area contributed by atoms with E-state index >= 15 is 0 Å². The molecule has 0 aromatic rings. The first kappa shape index (κ1) is 57.4. The number of carbonyl (C=O) groups excluding carboxylic acids is 2. The third-order valence-electron chi connectivity index (χ3n) is 10.6. The van der Waals surface area contributed by atoms with Gasteiger partial charge in [-0.3, -0.25) is 14.1 Å². The zero-order valence-corrected chi connectivity index (χ0v) is 39.0. The molecule has 62 heavy (non-hydrogen) atoms. The molecule has 13 heteroatoms. The van der Waals surface area contributed by atoms with Gasteiger partial charge in [-0.25, -0.2) is 0 Å². The lowest BCUT2D eigenvalue weighted by atomic mass is 10.00. The molecule has 358 valence electrons. The summed E-state index contributed by atoms with van der Waals surface area (Å²) in [5.74, 6) is -2.04. The molecule has 1 aliphatic heterocycles. The Morgan fingerprint density at radius 3 is 1.56 bits per heavy atom. The molecule has 0 spiro atoms. The van der Waals surface area contributed by atoms with Gasteiger partial charge in [0.05, 0.1) is 6.61 Å². The van der Waals surface area contributed by atoms with E-state index in [1.165, 1.54) is 83.5 Å². The zero-order valence-electron chi connectivity index (χ0n) is 38.2. The fourth-order valence-electron chi connectivity index (χ4n) is 6.90. The molecule has 4 N–H and O–H groups in total. The minimum atomic E-state index is -4.61. The number of unbranched alkanes of at least 4 members (excludes halogenated alkanes) is 17. The van der Waals surface area contributed by atoms with Gasteiger partial charge in [0.1, 0.15) is 36.8 Å². The van der Waals surface area contributed by atoms with Crippen LogP contribution >= 0.6 is 0 Å². The fraction of sp³-hybridized carbons (Fsp3) is 0.755. The fourth-order valence-corrected chi connectivity index (χ4v) is 7.59. The summed E-state index contributed by atoms with van der Waals surface area (Å²) < 4.78 is 54.1. The molecular weight excluding hydrogens is 813 g/mol. The Morgan fingerprint density at radius 2 is 1.02 bits per heavy atom. The Bertz CT molecular complexity index is 1370. The predicted octanol–water partition coefficient (Wildman–Crippen LogP) is 10.1. The first-order chi connectivity index (χ1) is 30.0. The molecule has 0 aromatic carbocycles. The van der Waals surface area contributed by atoms with Crippen molar-refractivity contribution in [3.05, 3.63) is 60.8 Å². The minimum Gasteiger partial charge on any atom is -0.462 e. The van der Waals surface area contributed by atoms with Gasteiger partial charge in [0.25, 0.3) is 10.1 Å². The highest BCUT2D eigenvalue weighted by Crippen LogP contribution is 2.24. The van der Waals surface area contributed by atoms with Gasteiger partial charge in [0.2, 0.25) is 0 Å². The second-order valence-electron chi connectivity index (χ2n) is 16.4. The van der Waals surface area contributed by atoms with E-state index in [0.29, 0.717) is 12.8 Å². The predicted molar refractivity (Wildman–Crippen MR) is 247 cm³/mol. The Morgan fingerprint density at radius 1 is 0.565 bits per heavy atom. The molecular formula is C49H84O12S. The Balaban J connectivity index is 2.43. The van der Waals surface area contributed by atoms with Crippen molar-refractivity contribution in [1.29, 1.82) is 0 Å². The molecule has 2 unspecified atom stereocenters. The number of carbonyl (C=O) groups is 2. The van der Waals surface area contributed by atoms with Crippen LogP contribution < -0.4 is 0 Å². The van der Waals surface area contributed by atoms with Gasteiger partial charge in [-0.1, -0.05) is 152 Å². The van der Waals surface area contributed by atoms with E-state index in [2.05, 4.69) is 74.6 Å². The summed E-state index contributed by atoms with van der Waals surface area (Å²) in [6, 6.07) is 0. The Labute approximate surface area is 375 Å². The highest BCUT2D eigenvalue weighted by atomic mass is 32.2. The number of esters is 2. The summed E-state index contributed by atoms with van der Waals surface area (Å²) in [5.41, 5.74) is 0. The van der Waals surface area contributed by atoms with Crippen molar-refractivity contribution < 1.29 is 56.8 Å². The number of aliphatic hydroxyl groups excluding tert-OH is 3. The van der Waals surface area contributed by atoms with Crippen molar-refractivity contribution in [2.24, 2.45) is 0 Å². The molecule has 0 aromatic heterocycles. The summed E-state index contributed by atoms with van der Waals surface area (Å²) >= 11 is 0. The van der Waals surface area contributed by atoms with E-state index in [9.17, 15) is 37.9 Å². The number of ether oxygens (including phenoxy) is 4. The first-order valence-electron chi connectivity index (χ1n) is 23.8. The highest BCUT2D eigenvalue weighted by Gasteiger charge is 2.46. The van der Waals surface area contributed by atoms with Crippen LogP contribution in [0.1, 0.15) is 181 Å².